The molecule has 0 bridgehead atoms. The lowest BCUT2D eigenvalue weighted by Gasteiger charge is -2.28. The van der Waals surface area contributed by atoms with Gasteiger partial charge < -0.3 is 10.8 Å². The molecule has 0 saturated carbocycles. The van der Waals surface area contributed by atoms with E-state index in [0.29, 0.717) is 0 Å². The first-order chi connectivity index (χ1) is 9.47. The molecule has 1 aromatic rings. The standard InChI is InChI=1S/C11H18N4O5S/c1-6(2)4-11(3,10(16)17)8-7(15-21(18,19)20)9(12)14-5-13-8/h5-6,15H,4H2,1-3H3,(H,16,17)(H2,12,13,14)(H,18,19,20). The van der Waals surface area contributed by atoms with E-state index in [2.05, 4.69) is 9.97 Å². The first-order valence-corrected chi connectivity index (χ1v) is 7.51. The lowest BCUT2D eigenvalue weighted by atomic mass is 9.78. The highest BCUT2D eigenvalue weighted by Crippen LogP contribution is 2.36. The Hall–Kier alpha value is -1.94. The topological polar surface area (TPSA) is 155 Å². The van der Waals surface area contributed by atoms with E-state index >= 15 is 0 Å². The van der Waals surface area contributed by atoms with Gasteiger partial charge in [-0.25, -0.2) is 9.97 Å². The van der Waals surface area contributed by atoms with E-state index in [1.165, 1.54) is 6.92 Å². The molecule has 5 N–H and O–H groups in total. The minimum atomic E-state index is -4.64. The summed E-state index contributed by atoms with van der Waals surface area (Å²) in [5.74, 6) is -1.46. The number of nitrogens with one attached hydrogen (secondary N) is 1. The number of nitrogens with two attached hydrogens (primary N) is 1. The van der Waals surface area contributed by atoms with Crippen molar-refractivity contribution in [3.05, 3.63) is 12.0 Å². The number of aliphatic carboxylic acids is 1. The third kappa shape index (κ3) is 4.02. The van der Waals surface area contributed by atoms with Crippen LogP contribution in [0.3, 0.4) is 0 Å². The molecule has 1 rings (SSSR count). The summed E-state index contributed by atoms with van der Waals surface area (Å²) in [6.07, 6.45) is 1.24. The van der Waals surface area contributed by atoms with E-state index in [1.807, 2.05) is 13.8 Å². The fourth-order valence-corrected chi connectivity index (χ4v) is 2.61. The molecule has 0 aromatic carbocycles. The monoisotopic (exact) mass is 318 g/mol. The van der Waals surface area contributed by atoms with Crippen LogP contribution >= 0.6 is 0 Å². The molecule has 1 atom stereocenters. The summed E-state index contributed by atoms with van der Waals surface area (Å²) >= 11 is 0. The number of carbonyl (C=O) groups is 1. The number of hydrogen-bond donors (Lipinski definition) is 4. The SMILES string of the molecule is CC(C)CC(C)(C(=O)O)c1ncnc(N)c1NS(=O)(=O)O. The smallest absolute Gasteiger partial charge is 0.357 e. The molecule has 1 unspecified atom stereocenters. The Balaban J connectivity index is 3.52. The van der Waals surface area contributed by atoms with Gasteiger partial charge in [0.15, 0.2) is 5.82 Å². The van der Waals surface area contributed by atoms with E-state index in [9.17, 15) is 18.3 Å². The number of carboxylic acid groups (broad SMARTS) is 1. The van der Waals surface area contributed by atoms with E-state index in [1.54, 1.807) is 4.72 Å². The number of hydrogen-bond acceptors (Lipinski definition) is 6. The number of carboxylic acids is 1. The van der Waals surface area contributed by atoms with Crippen LogP contribution in [0.1, 0.15) is 32.9 Å². The Labute approximate surface area is 122 Å². The molecule has 0 aliphatic carbocycles. The summed E-state index contributed by atoms with van der Waals surface area (Å²) in [6.45, 7) is 5.05. The number of rotatable bonds is 6. The molecular formula is C11H18N4O5S. The normalized spacial score (nSPS) is 14.7. The third-order valence-electron chi connectivity index (χ3n) is 2.92. The van der Waals surface area contributed by atoms with Crippen LogP contribution in [-0.4, -0.2) is 34.0 Å². The highest BCUT2D eigenvalue weighted by Gasteiger charge is 2.40. The molecule has 118 valence electrons. The molecule has 0 aliphatic heterocycles. The van der Waals surface area contributed by atoms with Crippen LogP contribution in [0, 0.1) is 5.92 Å². The van der Waals surface area contributed by atoms with Gasteiger partial charge in [-0.1, -0.05) is 13.8 Å². The quantitative estimate of drug-likeness (QED) is 0.557. The van der Waals surface area contributed by atoms with Crippen LogP contribution in [0.5, 0.6) is 0 Å². The van der Waals surface area contributed by atoms with Crippen molar-refractivity contribution in [2.45, 2.75) is 32.6 Å². The van der Waals surface area contributed by atoms with E-state index in [0.717, 1.165) is 6.33 Å². The van der Waals surface area contributed by atoms with Gasteiger partial charge in [-0.05, 0) is 19.3 Å². The van der Waals surface area contributed by atoms with Gasteiger partial charge in [0.1, 0.15) is 17.4 Å². The fraction of sp³-hybridized carbons (Fsp3) is 0.545. The second kappa shape index (κ2) is 5.82. The molecular weight excluding hydrogens is 300 g/mol. The zero-order valence-electron chi connectivity index (χ0n) is 11.9. The molecule has 1 heterocycles. The Morgan fingerprint density at radius 2 is 2.05 bits per heavy atom. The van der Waals surface area contributed by atoms with Crippen molar-refractivity contribution in [1.29, 1.82) is 0 Å². The first kappa shape index (κ1) is 17.1. The maximum atomic E-state index is 11.6. The Morgan fingerprint density at radius 1 is 1.48 bits per heavy atom. The molecule has 0 aliphatic rings. The summed E-state index contributed by atoms with van der Waals surface area (Å²) in [5.41, 5.74) is 3.66. The van der Waals surface area contributed by atoms with Gasteiger partial charge in [0.25, 0.3) is 0 Å². The van der Waals surface area contributed by atoms with Crippen LogP contribution in [0.4, 0.5) is 11.5 Å². The van der Waals surface area contributed by atoms with E-state index in [4.69, 9.17) is 10.3 Å². The maximum Gasteiger partial charge on any atom is 0.357 e. The van der Waals surface area contributed by atoms with Crippen LogP contribution < -0.4 is 10.5 Å². The lowest BCUT2D eigenvalue weighted by Crippen LogP contribution is -2.36. The van der Waals surface area contributed by atoms with E-state index in [-0.39, 0.29) is 29.5 Å². The molecule has 0 amide bonds. The maximum absolute atomic E-state index is 11.6. The minimum Gasteiger partial charge on any atom is -0.481 e. The number of aromatic nitrogens is 2. The average Bonchev–Trinajstić information content (AvgIpc) is 2.28. The van der Waals surface area contributed by atoms with Gasteiger partial charge in [0.2, 0.25) is 0 Å². The van der Waals surface area contributed by atoms with Gasteiger partial charge in [0.05, 0.1) is 5.69 Å². The van der Waals surface area contributed by atoms with Crippen LogP contribution in [0.25, 0.3) is 0 Å². The van der Waals surface area contributed by atoms with Crippen molar-refractivity contribution in [2.24, 2.45) is 5.92 Å². The van der Waals surface area contributed by atoms with Gasteiger partial charge in [-0.2, -0.15) is 8.42 Å². The highest BCUT2D eigenvalue weighted by molar-refractivity contribution is 7.87. The summed E-state index contributed by atoms with van der Waals surface area (Å²) in [7, 11) is -4.64. The van der Waals surface area contributed by atoms with Gasteiger partial charge in [0, 0.05) is 0 Å². The number of nitrogen functional groups attached to an aromatic ring is 1. The van der Waals surface area contributed by atoms with Crippen LogP contribution in [-0.2, 0) is 20.5 Å². The van der Waals surface area contributed by atoms with Crippen LogP contribution in [0.2, 0.25) is 0 Å². The molecule has 10 heteroatoms. The number of nitrogens with zero attached hydrogens (tertiary/aromatic N) is 2. The molecule has 0 fully saturated rings. The Morgan fingerprint density at radius 3 is 2.48 bits per heavy atom. The van der Waals surface area contributed by atoms with Crippen molar-refractivity contribution in [2.75, 3.05) is 10.5 Å². The summed E-state index contributed by atoms with van der Waals surface area (Å²) < 4.78 is 32.7. The van der Waals surface area contributed by atoms with Gasteiger partial charge in [-0.3, -0.25) is 14.1 Å². The van der Waals surface area contributed by atoms with Crippen molar-refractivity contribution >= 4 is 27.8 Å². The van der Waals surface area contributed by atoms with Crippen LogP contribution in [0.15, 0.2) is 6.33 Å². The second-order valence-corrected chi connectivity index (χ2v) is 6.45. The zero-order valence-corrected chi connectivity index (χ0v) is 12.7. The van der Waals surface area contributed by atoms with Gasteiger partial charge >= 0.3 is 16.3 Å². The van der Waals surface area contributed by atoms with Gasteiger partial charge in [-0.15, -0.1) is 0 Å². The summed E-state index contributed by atoms with van der Waals surface area (Å²) in [4.78, 5) is 19.1. The average molecular weight is 318 g/mol. The summed E-state index contributed by atoms with van der Waals surface area (Å²) in [6, 6.07) is 0. The summed E-state index contributed by atoms with van der Waals surface area (Å²) in [5, 5.41) is 9.51. The highest BCUT2D eigenvalue weighted by atomic mass is 32.2. The van der Waals surface area contributed by atoms with Crippen molar-refractivity contribution in [1.82, 2.24) is 9.97 Å². The lowest BCUT2D eigenvalue weighted by molar-refractivity contribution is -0.144. The fourth-order valence-electron chi connectivity index (χ4n) is 2.15. The molecule has 0 saturated heterocycles. The van der Waals surface area contributed by atoms with Crippen molar-refractivity contribution in [3.63, 3.8) is 0 Å². The molecule has 0 radical (unpaired) electrons. The molecule has 1 aromatic heterocycles. The van der Waals surface area contributed by atoms with E-state index < -0.39 is 21.7 Å². The molecule has 9 nitrogen and oxygen atoms in total. The molecule has 0 spiro atoms. The minimum absolute atomic E-state index is 0.000809. The largest absolute Gasteiger partial charge is 0.481 e. The zero-order chi connectivity index (χ0) is 16.4. The first-order valence-electron chi connectivity index (χ1n) is 6.07. The third-order valence-corrected chi connectivity index (χ3v) is 3.38. The Bertz CT molecular complexity index is 646. The predicted molar refractivity (Wildman–Crippen MR) is 76.1 cm³/mol. The molecule has 21 heavy (non-hydrogen) atoms. The second-order valence-electron chi connectivity index (χ2n) is 5.29. The Kier molecular flexibility index (Phi) is 4.74. The number of anilines is 2. The predicted octanol–water partition coefficient (Wildman–Crippen LogP) is 0.662. The van der Waals surface area contributed by atoms with Crippen molar-refractivity contribution in [3.8, 4) is 0 Å². The van der Waals surface area contributed by atoms with Crippen molar-refractivity contribution < 1.29 is 22.9 Å².